The number of carbonyl (C=O) groups is 1. The Labute approximate surface area is 173 Å². The highest BCUT2D eigenvalue weighted by Crippen LogP contribution is 2.34. The molecule has 0 aliphatic carbocycles. The molecular formula is C20H22N2O5S2. The molecule has 0 bridgehead atoms. The minimum atomic E-state index is -3.41. The van der Waals surface area contributed by atoms with Gasteiger partial charge in [0.1, 0.15) is 21.7 Å². The van der Waals surface area contributed by atoms with Crippen molar-refractivity contribution in [3.8, 4) is 11.5 Å². The maximum absolute atomic E-state index is 12.3. The average molecular weight is 435 g/mol. The number of fused-ring (bicyclic) bond motifs is 1. The van der Waals surface area contributed by atoms with Gasteiger partial charge in [-0.1, -0.05) is 29.5 Å². The van der Waals surface area contributed by atoms with Crippen LogP contribution in [0.3, 0.4) is 0 Å². The standard InChI is InChI=1S/C20H22N2O5S2/c1-22-18-15(26-2)11-12-16(27-3)19(18)28-20(22)21-17(23)10-7-13-29(24,25)14-8-5-4-6-9-14/h4-6,8-9,11-12H,7,10,13H2,1-3H3. The molecule has 0 N–H and O–H groups in total. The molecule has 0 spiro atoms. The first-order valence-electron chi connectivity index (χ1n) is 8.93. The van der Waals surface area contributed by atoms with Gasteiger partial charge in [-0.15, -0.1) is 0 Å². The van der Waals surface area contributed by atoms with Crippen LogP contribution in [0.1, 0.15) is 12.8 Å². The maximum atomic E-state index is 12.3. The van der Waals surface area contributed by atoms with Crippen LogP contribution in [0, 0.1) is 0 Å². The highest BCUT2D eigenvalue weighted by molar-refractivity contribution is 7.91. The van der Waals surface area contributed by atoms with Crippen molar-refractivity contribution in [3.63, 3.8) is 0 Å². The predicted molar refractivity (Wildman–Crippen MR) is 112 cm³/mol. The van der Waals surface area contributed by atoms with Crippen molar-refractivity contribution in [2.45, 2.75) is 17.7 Å². The molecule has 1 aromatic heterocycles. The molecule has 0 radical (unpaired) electrons. The van der Waals surface area contributed by atoms with Crippen LogP contribution in [-0.4, -0.2) is 38.9 Å². The van der Waals surface area contributed by atoms with Crippen molar-refractivity contribution in [2.75, 3.05) is 20.0 Å². The van der Waals surface area contributed by atoms with Crippen LogP contribution in [0.15, 0.2) is 52.4 Å². The molecular weight excluding hydrogens is 412 g/mol. The number of thiazole rings is 1. The summed E-state index contributed by atoms with van der Waals surface area (Å²) in [5, 5.41) is 0. The lowest BCUT2D eigenvalue weighted by atomic mass is 10.3. The van der Waals surface area contributed by atoms with Crippen molar-refractivity contribution in [1.29, 1.82) is 0 Å². The number of carbonyl (C=O) groups excluding carboxylic acids is 1. The van der Waals surface area contributed by atoms with Gasteiger partial charge in [-0.05, 0) is 30.7 Å². The zero-order chi connectivity index (χ0) is 21.0. The highest BCUT2D eigenvalue weighted by atomic mass is 32.2. The molecule has 1 heterocycles. The van der Waals surface area contributed by atoms with Gasteiger partial charge in [0.05, 0.1) is 24.9 Å². The van der Waals surface area contributed by atoms with E-state index in [2.05, 4.69) is 4.99 Å². The van der Waals surface area contributed by atoms with E-state index in [9.17, 15) is 13.2 Å². The number of methoxy groups -OCH3 is 2. The minimum absolute atomic E-state index is 0.0502. The van der Waals surface area contributed by atoms with Gasteiger partial charge in [-0.25, -0.2) is 8.42 Å². The molecule has 0 aliphatic heterocycles. The van der Waals surface area contributed by atoms with E-state index in [0.29, 0.717) is 16.3 Å². The molecule has 9 heteroatoms. The first kappa shape index (κ1) is 21.1. The van der Waals surface area contributed by atoms with E-state index in [0.717, 1.165) is 10.2 Å². The Bertz CT molecular complexity index is 1190. The summed E-state index contributed by atoms with van der Waals surface area (Å²) in [4.78, 5) is 17.3. The topological polar surface area (TPSA) is 87.0 Å². The van der Waals surface area contributed by atoms with Crippen LogP contribution >= 0.6 is 11.3 Å². The fourth-order valence-electron chi connectivity index (χ4n) is 2.95. The summed E-state index contributed by atoms with van der Waals surface area (Å²) >= 11 is 1.32. The minimum Gasteiger partial charge on any atom is -0.495 e. The third-order valence-corrected chi connectivity index (χ3v) is 7.40. The Morgan fingerprint density at radius 3 is 2.38 bits per heavy atom. The summed E-state index contributed by atoms with van der Waals surface area (Å²) < 4.78 is 38.0. The molecule has 29 heavy (non-hydrogen) atoms. The number of benzene rings is 2. The molecule has 0 unspecified atom stereocenters. The number of hydrogen-bond donors (Lipinski definition) is 0. The summed E-state index contributed by atoms with van der Waals surface area (Å²) in [6.07, 6.45) is 0.259. The molecule has 3 aromatic rings. The van der Waals surface area contributed by atoms with E-state index in [1.807, 2.05) is 0 Å². The fraction of sp³-hybridized carbons (Fsp3) is 0.300. The van der Waals surface area contributed by atoms with Crippen LogP contribution < -0.4 is 14.3 Å². The van der Waals surface area contributed by atoms with Gasteiger partial charge in [0.15, 0.2) is 14.6 Å². The third kappa shape index (κ3) is 4.51. The lowest BCUT2D eigenvalue weighted by Crippen LogP contribution is -2.14. The number of aryl methyl sites for hydroxylation is 1. The fourth-order valence-corrected chi connectivity index (χ4v) is 5.43. The van der Waals surface area contributed by atoms with Gasteiger partial charge < -0.3 is 14.0 Å². The van der Waals surface area contributed by atoms with Gasteiger partial charge in [-0.2, -0.15) is 4.99 Å². The molecule has 2 aromatic carbocycles. The molecule has 154 valence electrons. The number of amides is 1. The van der Waals surface area contributed by atoms with E-state index < -0.39 is 9.84 Å². The number of sulfone groups is 1. The zero-order valence-electron chi connectivity index (χ0n) is 16.4. The van der Waals surface area contributed by atoms with Gasteiger partial charge in [0.2, 0.25) is 5.91 Å². The number of nitrogens with zero attached hydrogens (tertiary/aromatic N) is 2. The summed E-state index contributed by atoms with van der Waals surface area (Å²) in [5.41, 5.74) is 0.787. The molecule has 0 saturated heterocycles. The normalized spacial score (nSPS) is 12.3. The van der Waals surface area contributed by atoms with E-state index in [-0.39, 0.29) is 29.4 Å². The monoisotopic (exact) mass is 434 g/mol. The molecule has 0 saturated carbocycles. The van der Waals surface area contributed by atoms with Crippen LogP contribution in [-0.2, 0) is 21.7 Å². The van der Waals surface area contributed by atoms with E-state index in [1.165, 1.54) is 11.3 Å². The lowest BCUT2D eigenvalue weighted by molar-refractivity contribution is -0.118. The number of rotatable bonds is 7. The smallest absolute Gasteiger partial charge is 0.248 e. The second kappa shape index (κ2) is 8.79. The lowest BCUT2D eigenvalue weighted by Gasteiger charge is -2.06. The highest BCUT2D eigenvalue weighted by Gasteiger charge is 2.16. The van der Waals surface area contributed by atoms with Gasteiger partial charge in [0.25, 0.3) is 0 Å². The Morgan fingerprint density at radius 1 is 1.07 bits per heavy atom. The second-order valence-corrected chi connectivity index (χ2v) is 9.42. The number of aromatic nitrogens is 1. The van der Waals surface area contributed by atoms with Gasteiger partial charge in [-0.3, -0.25) is 4.79 Å². The van der Waals surface area contributed by atoms with Crippen LogP contribution in [0.25, 0.3) is 10.2 Å². The summed E-state index contributed by atoms with van der Waals surface area (Å²) in [7, 11) is 1.55. The summed E-state index contributed by atoms with van der Waals surface area (Å²) in [6.45, 7) is 0. The molecule has 0 atom stereocenters. The SMILES string of the molecule is COc1ccc(OC)c2c1sc(=NC(=O)CCCS(=O)(=O)c1ccccc1)n2C. The summed E-state index contributed by atoms with van der Waals surface area (Å²) in [6, 6.07) is 11.8. The first-order valence-corrected chi connectivity index (χ1v) is 11.4. The predicted octanol–water partition coefficient (Wildman–Crippen LogP) is 2.94. The van der Waals surface area contributed by atoms with Gasteiger partial charge in [0, 0.05) is 13.5 Å². The van der Waals surface area contributed by atoms with Crippen LogP contribution in [0.5, 0.6) is 11.5 Å². The maximum Gasteiger partial charge on any atom is 0.248 e. The van der Waals surface area contributed by atoms with Crippen molar-refractivity contribution in [3.05, 3.63) is 47.3 Å². The molecule has 7 nitrogen and oxygen atoms in total. The molecule has 0 aliphatic rings. The Morgan fingerprint density at radius 2 is 1.72 bits per heavy atom. The van der Waals surface area contributed by atoms with Gasteiger partial charge >= 0.3 is 0 Å². The molecule has 3 rings (SSSR count). The van der Waals surface area contributed by atoms with Crippen LogP contribution in [0.4, 0.5) is 0 Å². The van der Waals surface area contributed by atoms with E-state index >= 15 is 0 Å². The largest absolute Gasteiger partial charge is 0.495 e. The van der Waals surface area contributed by atoms with E-state index in [4.69, 9.17) is 9.47 Å². The average Bonchev–Trinajstić information content (AvgIpc) is 3.04. The number of hydrogen-bond acceptors (Lipinski definition) is 6. The third-order valence-electron chi connectivity index (χ3n) is 4.44. The van der Waals surface area contributed by atoms with Crippen LogP contribution in [0.2, 0.25) is 0 Å². The molecule has 1 amide bonds. The van der Waals surface area contributed by atoms with Crippen molar-refractivity contribution < 1.29 is 22.7 Å². The zero-order valence-corrected chi connectivity index (χ0v) is 18.0. The Kier molecular flexibility index (Phi) is 6.39. The quantitative estimate of drug-likeness (QED) is 0.571. The number of ether oxygens (including phenoxy) is 2. The Hall–Kier alpha value is -2.65. The van der Waals surface area contributed by atoms with Crippen molar-refractivity contribution >= 4 is 37.3 Å². The Balaban J connectivity index is 1.79. The molecule has 0 fully saturated rings. The second-order valence-electron chi connectivity index (χ2n) is 6.33. The summed E-state index contributed by atoms with van der Waals surface area (Å²) in [5.74, 6) is 0.860. The van der Waals surface area contributed by atoms with Crippen molar-refractivity contribution in [1.82, 2.24) is 4.57 Å². The van der Waals surface area contributed by atoms with Crippen molar-refractivity contribution in [2.24, 2.45) is 12.0 Å². The van der Waals surface area contributed by atoms with E-state index in [1.54, 1.807) is 68.3 Å². The first-order chi connectivity index (χ1) is 13.9.